The van der Waals surface area contributed by atoms with Gasteiger partial charge in [0, 0.05) is 18.2 Å². The number of aromatic nitrogens is 2. The molecule has 1 aliphatic rings. The number of hydrogen-bond acceptors (Lipinski definition) is 4. The largest absolute Gasteiger partial charge is 0.497 e. The van der Waals surface area contributed by atoms with Crippen LogP contribution in [-0.2, 0) is 17.9 Å². The average Bonchev–Trinajstić information content (AvgIpc) is 3.11. The highest BCUT2D eigenvalue weighted by molar-refractivity contribution is 5.92. The van der Waals surface area contributed by atoms with Gasteiger partial charge in [-0.1, -0.05) is 12.1 Å². The summed E-state index contributed by atoms with van der Waals surface area (Å²) >= 11 is 0. The molecule has 0 bridgehead atoms. The summed E-state index contributed by atoms with van der Waals surface area (Å²) in [6, 6.07) is 15.8. The van der Waals surface area contributed by atoms with Crippen molar-refractivity contribution < 1.29 is 9.53 Å². The molecule has 0 aliphatic carbocycles. The van der Waals surface area contributed by atoms with Crippen LogP contribution in [0.3, 0.4) is 0 Å². The fourth-order valence-corrected chi connectivity index (χ4v) is 4.07. The Kier molecular flexibility index (Phi) is 5.81. The molecule has 152 valence electrons. The molecule has 1 saturated heterocycles. The standard InChI is InChI=1S/C23H28N4O2/c1-3-27-21-7-5-4-6-20(21)25-22(27)16-26-14-12-17(13-15-26)23(28)24-18-8-10-19(29-2)11-9-18/h4-11,17H,3,12-16H2,1-2H3,(H,24,28). The van der Waals surface area contributed by atoms with Gasteiger partial charge in [0.25, 0.3) is 0 Å². The van der Waals surface area contributed by atoms with Crippen LogP contribution < -0.4 is 10.1 Å². The summed E-state index contributed by atoms with van der Waals surface area (Å²) in [6.07, 6.45) is 1.74. The Balaban J connectivity index is 1.34. The van der Waals surface area contributed by atoms with Gasteiger partial charge in [-0.05, 0) is 69.3 Å². The topological polar surface area (TPSA) is 59.4 Å². The van der Waals surface area contributed by atoms with Crippen molar-refractivity contribution in [1.82, 2.24) is 14.5 Å². The molecule has 1 fully saturated rings. The second-order valence-electron chi connectivity index (χ2n) is 7.53. The van der Waals surface area contributed by atoms with Crippen molar-refractivity contribution in [2.45, 2.75) is 32.9 Å². The fraction of sp³-hybridized carbons (Fsp3) is 0.391. The summed E-state index contributed by atoms with van der Waals surface area (Å²) in [5.41, 5.74) is 3.06. The van der Waals surface area contributed by atoms with Gasteiger partial charge in [-0.15, -0.1) is 0 Å². The van der Waals surface area contributed by atoms with E-state index in [-0.39, 0.29) is 11.8 Å². The maximum absolute atomic E-state index is 12.6. The van der Waals surface area contributed by atoms with Gasteiger partial charge in [0.2, 0.25) is 5.91 Å². The lowest BCUT2D eigenvalue weighted by molar-refractivity contribution is -0.121. The number of fused-ring (bicyclic) bond motifs is 1. The highest BCUT2D eigenvalue weighted by Crippen LogP contribution is 2.23. The van der Waals surface area contributed by atoms with E-state index in [1.165, 1.54) is 5.52 Å². The lowest BCUT2D eigenvalue weighted by Crippen LogP contribution is -2.38. The first kappa shape index (κ1) is 19.5. The second kappa shape index (κ2) is 8.66. The van der Waals surface area contributed by atoms with E-state index < -0.39 is 0 Å². The molecule has 6 heteroatoms. The number of nitrogens with zero attached hydrogens (tertiary/aromatic N) is 3. The van der Waals surface area contributed by atoms with Gasteiger partial charge >= 0.3 is 0 Å². The monoisotopic (exact) mass is 392 g/mol. The minimum Gasteiger partial charge on any atom is -0.497 e. The number of ether oxygens (including phenoxy) is 1. The normalized spacial score (nSPS) is 15.5. The lowest BCUT2D eigenvalue weighted by Gasteiger charge is -2.31. The first-order valence-corrected chi connectivity index (χ1v) is 10.3. The maximum atomic E-state index is 12.6. The Morgan fingerprint density at radius 3 is 2.55 bits per heavy atom. The maximum Gasteiger partial charge on any atom is 0.227 e. The first-order valence-electron chi connectivity index (χ1n) is 10.3. The zero-order chi connectivity index (χ0) is 20.2. The minimum atomic E-state index is 0.0540. The molecule has 0 spiro atoms. The first-order chi connectivity index (χ1) is 14.2. The number of amides is 1. The smallest absolute Gasteiger partial charge is 0.227 e. The van der Waals surface area contributed by atoms with Crippen LogP contribution in [0.25, 0.3) is 11.0 Å². The lowest BCUT2D eigenvalue weighted by atomic mass is 9.96. The van der Waals surface area contributed by atoms with E-state index in [1.54, 1.807) is 7.11 Å². The van der Waals surface area contributed by atoms with Gasteiger partial charge in [0.15, 0.2) is 0 Å². The van der Waals surface area contributed by atoms with Crippen LogP contribution in [0.4, 0.5) is 5.69 Å². The van der Waals surface area contributed by atoms with E-state index in [0.29, 0.717) is 0 Å². The Hall–Kier alpha value is -2.86. The van der Waals surface area contributed by atoms with Crippen LogP contribution in [0, 0.1) is 5.92 Å². The Morgan fingerprint density at radius 2 is 1.86 bits per heavy atom. The van der Waals surface area contributed by atoms with E-state index in [1.807, 2.05) is 30.3 Å². The minimum absolute atomic E-state index is 0.0540. The third-order valence-corrected chi connectivity index (χ3v) is 5.73. The van der Waals surface area contributed by atoms with Crippen molar-refractivity contribution in [3.63, 3.8) is 0 Å². The van der Waals surface area contributed by atoms with Crippen LogP contribution in [0.2, 0.25) is 0 Å². The summed E-state index contributed by atoms with van der Waals surface area (Å²) in [7, 11) is 1.64. The van der Waals surface area contributed by atoms with E-state index >= 15 is 0 Å². The highest BCUT2D eigenvalue weighted by atomic mass is 16.5. The third kappa shape index (κ3) is 4.27. The summed E-state index contributed by atoms with van der Waals surface area (Å²) in [5, 5.41) is 3.03. The number of aryl methyl sites for hydroxylation is 1. The molecule has 2 aromatic carbocycles. The number of rotatable bonds is 6. The molecular formula is C23H28N4O2. The quantitative estimate of drug-likeness (QED) is 0.691. The van der Waals surface area contributed by atoms with Crippen LogP contribution in [-0.4, -0.2) is 40.6 Å². The molecule has 1 aromatic heterocycles. The van der Waals surface area contributed by atoms with E-state index in [0.717, 1.165) is 61.8 Å². The van der Waals surface area contributed by atoms with Gasteiger partial charge in [0.1, 0.15) is 11.6 Å². The molecule has 0 atom stereocenters. The molecule has 3 aromatic rings. The third-order valence-electron chi connectivity index (χ3n) is 5.73. The molecule has 6 nitrogen and oxygen atoms in total. The van der Waals surface area contributed by atoms with Crippen molar-refractivity contribution in [1.29, 1.82) is 0 Å². The Labute approximate surface area is 171 Å². The Bertz CT molecular complexity index is 972. The average molecular weight is 393 g/mol. The van der Waals surface area contributed by atoms with Crippen molar-refractivity contribution in [2.75, 3.05) is 25.5 Å². The fourth-order valence-electron chi connectivity index (χ4n) is 4.07. The molecule has 29 heavy (non-hydrogen) atoms. The number of likely N-dealkylation sites (tertiary alicyclic amines) is 1. The number of carbonyl (C=O) groups excluding carboxylic acids is 1. The van der Waals surface area contributed by atoms with Gasteiger partial charge < -0.3 is 14.6 Å². The van der Waals surface area contributed by atoms with Gasteiger partial charge in [-0.25, -0.2) is 4.98 Å². The molecular weight excluding hydrogens is 364 g/mol. The number of benzene rings is 2. The predicted molar refractivity (Wildman–Crippen MR) is 115 cm³/mol. The van der Waals surface area contributed by atoms with Gasteiger partial charge in [-0.2, -0.15) is 0 Å². The molecule has 0 saturated carbocycles. The van der Waals surface area contributed by atoms with Crippen molar-refractivity contribution in [3.05, 3.63) is 54.4 Å². The van der Waals surface area contributed by atoms with Crippen molar-refractivity contribution >= 4 is 22.6 Å². The summed E-state index contributed by atoms with van der Waals surface area (Å²) in [6.45, 7) is 5.72. The van der Waals surface area contributed by atoms with Crippen molar-refractivity contribution in [2.24, 2.45) is 5.92 Å². The molecule has 1 N–H and O–H groups in total. The van der Waals surface area contributed by atoms with Crippen LogP contribution in [0.5, 0.6) is 5.75 Å². The number of hydrogen-bond donors (Lipinski definition) is 1. The Morgan fingerprint density at radius 1 is 1.14 bits per heavy atom. The SMILES string of the molecule is CCn1c(CN2CCC(C(=O)Nc3ccc(OC)cc3)CC2)nc2ccccc21. The number of methoxy groups -OCH3 is 1. The predicted octanol–water partition coefficient (Wildman–Crippen LogP) is 3.92. The van der Waals surface area contributed by atoms with Crippen LogP contribution in [0.1, 0.15) is 25.6 Å². The van der Waals surface area contributed by atoms with Gasteiger partial charge in [-0.3, -0.25) is 9.69 Å². The number of para-hydroxylation sites is 2. The van der Waals surface area contributed by atoms with E-state index in [9.17, 15) is 4.79 Å². The number of anilines is 1. The molecule has 0 unspecified atom stereocenters. The van der Waals surface area contributed by atoms with Crippen LogP contribution >= 0.6 is 0 Å². The molecule has 1 aliphatic heterocycles. The number of imidazole rings is 1. The highest BCUT2D eigenvalue weighted by Gasteiger charge is 2.26. The van der Waals surface area contributed by atoms with Crippen LogP contribution in [0.15, 0.2) is 48.5 Å². The molecule has 1 amide bonds. The number of carbonyl (C=O) groups is 1. The van der Waals surface area contributed by atoms with Gasteiger partial charge in [0.05, 0.1) is 24.7 Å². The zero-order valence-corrected chi connectivity index (χ0v) is 17.1. The second-order valence-corrected chi connectivity index (χ2v) is 7.53. The number of nitrogens with one attached hydrogen (secondary N) is 1. The van der Waals surface area contributed by atoms with Crippen molar-refractivity contribution in [3.8, 4) is 5.75 Å². The molecule has 2 heterocycles. The summed E-state index contributed by atoms with van der Waals surface area (Å²) in [5.74, 6) is 2.05. The van der Waals surface area contributed by atoms with E-state index in [4.69, 9.17) is 9.72 Å². The molecule has 0 radical (unpaired) electrons. The summed E-state index contributed by atoms with van der Waals surface area (Å²) < 4.78 is 7.45. The van der Waals surface area contributed by atoms with E-state index in [2.05, 4.69) is 39.9 Å². The zero-order valence-electron chi connectivity index (χ0n) is 17.1. The molecule has 4 rings (SSSR count). The summed E-state index contributed by atoms with van der Waals surface area (Å²) in [4.78, 5) is 19.9. The number of piperidine rings is 1.